The van der Waals surface area contributed by atoms with Gasteiger partial charge in [-0.3, -0.25) is 4.79 Å². The monoisotopic (exact) mass is 430 g/mol. The van der Waals surface area contributed by atoms with E-state index < -0.39 is 0 Å². The number of carbonyl (C=O) groups excluding carboxylic acids is 1. The molecule has 144 valence electrons. The molecule has 1 fully saturated rings. The number of halogens is 1. The standard InChI is InChI=1S/C22H27BrN2O2/c1-21(2)13-17(14-22(3,4)25-21)24-20(26)15-5-9-18(10-6-15)27-19-11-7-16(23)8-12-19/h5-12,17,25H,13-14H2,1-4H3,(H,24,26). The Balaban J connectivity index is 1.63. The first-order valence-corrected chi connectivity index (χ1v) is 10.0. The van der Waals surface area contributed by atoms with E-state index in [1.54, 1.807) is 12.1 Å². The molecule has 5 heteroatoms. The second-order valence-corrected chi connectivity index (χ2v) is 9.47. The molecule has 27 heavy (non-hydrogen) atoms. The Morgan fingerprint density at radius 1 is 0.963 bits per heavy atom. The van der Waals surface area contributed by atoms with E-state index >= 15 is 0 Å². The molecular formula is C22H27BrN2O2. The maximum Gasteiger partial charge on any atom is 0.251 e. The van der Waals surface area contributed by atoms with E-state index in [1.807, 2.05) is 36.4 Å². The third kappa shape index (κ3) is 5.56. The lowest BCUT2D eigenvalue weighted by molar-refractivity contribution is 0.0873. The van der Waals surface area contributed by atoms with Gasteiger partial charge in [-0.1, -0.05) is 15.9 Å². The topological polar surface area (TPSA) is 50.4 Å². The van der Waals surface area contributed by atoms with Gasteiger partial charge in [0, 0.05) is 27.2 Å². The average Bonchev–Trinajstić information content (AvgIpc) is 2.54. The highest BCUT2D eigenvalue weighted by Crippen LogP contribution is 2.29. The zero-order valence-corrected chi connectivity index (χ0v) is 17.9. The fourth-order valence-corrected chi connectivity index (χ4v) is 4.27. The van der Waals surface area contributed by atoms with Gasteiger partial charge in [0.15, 0.2) is 0 Å². The van der Waals surface area contributed by atoms with Gasteiger partial charge in [0.2, 0.25) is 0 Å². The Bertz CT molecular complexity index is 782. The molecule has 0 aromatic heterocycles. The van der Waals surface area contributed by atoms with Crippen LogP contribution in [0, 0.1) is 0 Å². The number of carbonyl (C=O) groups is 1. The summed E-state index contributed by atoms with van der Waals surface area (Å²) in [5, 5.41) is 6.84. The zero-order chi connectivity index (χ0) is 19.7. The van der Waals surface area contributed by atoms with Crippen LogP contribution in [-0.4, -0.2) is 23.0 Å². The van der Waals surface area contributed by atoms with E-state index in [9.17, 15) is 4.79 Å². The molecule has 0 bridgehead atoms. The van der Waals surface area contributed by atoms with Crippen LogP contribution in [0.3, 0.4) is 0 Å². The van der Waals surface area contributed by atoms with E-state index in [0.717, 1.165) is 23.1 Å². The molecule has 0 radical (unpaired) electrons. The Morgan fingerprint density at radius 3 is 1.96 bits per heavy atom. The van der Waals surface area contributed by atoms with Crippen LogP contribution in [0.25, 0.3) is 0 Å². The summed E-state index contributed by atoms with van der Waals surface area (Å²) in [6.07, 6.45) is 1.82. The molecule has 1 aliphatic heterocycles. The van der Waals surface area contributed by atoms with Crippen molar-refractivity contribution in [3.8, 4) is 11.5 Å². The van der Waals surface area contributed by atoms with Crippen molar-refractivity contribution in [2.75, 3.05) is 0 Å². The molecule has 3 rings (SSSR count). The van der Waals surface area contributed by atoms with Crippen molar-refractivity contribution in [2.45, 2.75) is 57.7 Å². The van der Waals surface area contributed by atoms with Crippen molar-refractivity contribution >= 4 is 21.8 Å². The van der Waals surface area contributed by atoms with Crippen molar-refractivity contribution in [3.05, 3.63) is 58.6 Å². The first-order valence-electron chi connectivity index (χ1n) is 9.26. The minimum absolute atomic E-state index is 0.00206. The molecule has 0 saturated carbocycles. The van der Waals surface area contributed by atoms with Crippen molar-refractivity contribution < 1.29 is 9.53 Å². The number of piperidine rings is 1. The second-order valence-electron chi connectivity index (χ2n) is 8.55. The molecular weight excluding hydrogens is 404 g/mol. The van der Waals surface area contributed by atoms with Gasteiger partial charge in [-0.05, 0) is 89.1 Å². The van der Waals surface area contributed by atoms with E-state index in [1.165, 1.54) is 0 Å². The maximum absolute atomic E-state index is 12.7. The average molecular weight is 431 g/mol. The summed E-state index contributed by atoms with van der Waals surface area (Å²) in [5.41, 5.74) is 0.650. The summed E-state index contributed by atoms with van der Waals surface area (Å²) in [7, 11) is 0. The van der Waals surface area contributed by atoms with Gasteiger partial charge in [-0.15, -0.1) is 0 Å². The lowest BCUT2D eigenvalue weighted by Crippen LogP contribution is -2.62. The first-order chi connectivity index (χ1) is 12.6. The van der Waals surface area contributed by atoms with Crippen LogP contribution >= 0.6 is 15.9 Å². The lowest BCUT2D eigenvalue weighted by atomic mass is 9.79. The Hall–Kier alpha value is -1.85. The van der Waals surface area contributed by atoms with Crippen LogP contribution in [0.4, 0.5) is 0 Å². The van der Waals surface area contributed by atoms with Gasteiger partial charge in [-0.25, -0.2) is 0 Å². The lowest BCUT2D eigenvalue weighted by Gasteiger charge is -2.46. The zero-order valence-electron chi connectivity index (χ0n) is 16.3. The van der Waals surface area contributed by atoms with Crippen LogP contribution < -0.4 is 15.4 Å². The van der Waals surface area contributed by atoms with Crippen LogP contribution in [0.1, 0.15) is 50.9 Å². The number of hydrogen-bond donors (Lipinski definition) is 2. The minimum Gasteiger partial charge on any atom is -0.457 e. The predicted octanol–water partition coefficient (Wildman–Crippen LogP) is 5.28. The highest BCUT2D eigenvalue weighted by molar-refractivity contribution is 9.10. The largest absolute Gasteiger partial charge is 0.457 e. The van der Waals surface area contributed by atoms with Crippen LogP contribution in [0.5, 0.6) is 11.5 Å². The number of ether oxygens (including phenoxy) is 1. The molecule has 1 aliphatic rings. The number of hydrogen-bond acceptors (Lipinski definition) is 3. The van der Waals surface area contributed by atoms with Gasteiger partial charge in [0.1, 0.15) is 11.5 Å². The van der Waals surface area contributed by atoms with Gasteiger partial charge >= 0.3 is 0 Å². The summed E-state index contributed by atoms with van der Waals surface area (Å²) in [5.74, 6) is 1.43. The van der Waals surface area contributed by atoms with Crippen LogP contribution in [0.15, 0.2) is 53.0 Å². The molecule has 1 amide bonds. The van der Waals surface area contributed by atoms with Crippen molar-refractivity contribution in [2.24, 2.45) is 0 Å². The fraction of sp³-hybridized carbons (Fsp3) is 0.409. The molecule has 1 heterocycles. The smallest absolute Gasteiger partial charge is 0.251 e. The molecule has 1 saturated heterocycles. The quantitative estimate of drug-likeness (QED) is 0.693. The summed E-state index contributed by atoms with van der Waals surface area (Å²) < 4.78 is 6.82. The first kappa shape index (κ1) is 19.9. The predicted molar refractivity (Wildman–Crippen MR) is 112 cm³/mol. The second kappa shape index (κ2) is 7.64. The highest BCUT2D eigenvalue weighted by atomic mass is 79.9. The summed E-state index contributed by atoms with van der Waals surface area (Å²) in [6.45, 7) is 8.73. The summed E-state index contributed by atoms with van der Waals surface area (Å²) >= 11 is 3.41. The number of amides is 1. The fourth-order valence-electron chi connectivity index (χ4n) is 4.01. The van der Waals surface area contributed by atoms with Gasteiger partial charge in [0.25, 0.3) is 5.91 Å². The van der Waals surface area contributed by atoms with Crippen LogP contribution in [-0.2, 0) is 0 Å². The Labute approximate surface area is 169 Å². The SMILES string of the molecule is CC1(C)CC(NC(=O)c2ccc(Oc3ccc(Br)cc3)cc2)CC(C)(C)N1. The van der Waals surface area contributed by atoms with Gasteiger partial charge < -0.3 is 15.4 Å². The van der Waals surface area contributed by atoms with E-state index in [4.69, 9.17) is 4.74 Å². The molecule has 2 N–H and O–H groups in total. The Morgan fingerprint density at radius 2 is 1.44 bits per heavy atom. The molecule has 0 spiro atoms. The highest BCUT2D eigenvalue weighted by Gasteiger charge is 2.38. The Kier molecular flexibility index (Phi) is 5.63. The van der Waals surface area contributed by atoms with Gasteiger partial charge in [0.05, 0.1) is 0 Å². The number of benzene rings is 2. The molecule has 4 nitrogen and oxygen atoms in total. The van der Waals surface area contributed by atoms with Crippen molar-refractivity contribution in [1.82, 2.24) is 10.6 Å². The molecule has 0 atom stereocenters. The van der Waals surface area contributed by atoms with Gasteiger partial charge in [-0.2, -0.15) is 0 Å². The number of nitrogens with one attached hydrogen (secondary N) is 2. The third-order valence-corrected chi connectivity index (χ3v) is 5.22. The molecule has 0 unspecified atom stereocenters. The molecule has 0 aliphatic carbocycles. The normalized spacial score (nSPS) is 18.7. The van der Waals surface area contributed by atoms with Crippen LogP contribution in [0.2, 0.25) is 0 Å². The van der Waals surface area contributed by atoms with E-state index in [2.05, 4.69) is 54.3 Å². The molecule has 2 aromatic rings. The van der Waals surface area contributed by atoms with Crippen molar-refractivity contribution in [3.63, 3.8) is 0 Å². The number of rotatable bonds is 4. The summed E-state index contributed by atoms with van der Waals surface area (Å²) in [4.78, 5) is 12.7. The minimum atomic E-state index is -0.0382. The van der Waals surface area contributed by atoms with E-state index in [0.29, 0.717) is 11.3 Å². The summed E-state index contributed by atoms with van der Waals surface area (Å²) in [6, 6.07) is 15.1. The molecule has 2 aromatic carbocycles. The third-order valence-electron chi connectivity index (χ3n) is 4.69. The van der Waals surface area contributed by atoms with E-state index in [-0.39, 0.29) is 23.0 Å². The van der Waals surface area contributed by atoms with Crippen molar-refractivity contribution in [1.29, 1.82) is 0 Å². The maximum atomic E-state index is 12.7.